The van der Waals surface area contributed by atoms with E-state index in [1.165, 1.54) is 11.3 Å². The third-order valence-electron chi connectivity index (χ3n) is 4.71. The van der Waals surface area contributed by atoms with E-state index in [2.05, 4.69) is 10.3 Å². The molecule has 0 radical (unpaired) electrons. The van der Waals surface area contributed by atoms with Gasteiger partial charge in [0.1, 0.15) is 0 Å². The molecule has 1 amide bonds. The van der Waals surface area contributed by atoms with Gasteiger partial charge in [-0.1, -0.05) is 11.6 Å². The van der Waals surface area contributed by atoms with Crippen LogP contribution in [0.4, 0.5) is 0 Å². The Kier molecular flexibility index (Phi) is 4.01. The molecule has 0 saturated carbocycles. The molecule has 0 spiro atoms. The zero-order valence-electron chi connectivity index (χ0n) is 12.9. The van der Waals surface area contributed by atoms with Crippen molar-refractivity contribution >= 4 is 28.4 Å². The molecule has 2 aliphatic rings. The Balaban J connectivity index is 1.52. The lowest BCUT2D eigenvalue weighted by Crippen LogP contribution is -2.46. The number of carbonyl (C=O) groups is 1. The van der Waals surface area contributed by atoms with Crippen molar-refractivity contribution in [1.29, 1.82) is 0 Å². The molecule has 3 heterocycles. The molecule has 122 valence electrons. The molecular formula is C17H20ClN3O2. The summed E-state index contributed by atoms with van der Waals surface area (Å²) in [4.78, 5) is 18.0. The van der Waals surface area contributed by atoms with Gasteiger partial charge in [-0.05, 0) is 18.2 Å². The molecule has 4 rings (SSSR count). The van der Waals surface area contributed by atoms with Gasteiger partial charge in [0.2, 0.25) is 5.91 Å². The second-order valence-corrected chi connectivity index (χ2v) is 6.70. The van der Waals surface area contributed by atoms with Crippen LogP contribution >= 0.6 is 11.6 Å². The maximum atomic E-state index is 12.6. The third-order valence-corrected chi connectivity index (χ3v) is 4.94. The van der Waals surface area contributed by atoms with E-state index < -0.39 is 0 Å². The van der Waals surface area contributed by atoms with Gasteiger partial charge in [-0.25, -0.2) is 0 Å². The fraction of sp³-hybridized carbons (Fsp3) is 0.471. The van der Waals surface area contributed by atoms with Gasteiger partial charge < -0.3 is 19.9 Å². The number of ether oxygens (including phenoxy) is 1. The molecule has 2 N–H and O–H groups in total. The summed E-state index contributed by atoms with van der Waals surface area (Å²) >= 11 is 6.13. The molecule has 1 aromatic carbocycles. The largest absolute Gasteiger partial charge is 0.378 e. The summed E-state index contributed by atoms with van der Waals surface area (Å²) in [5.74, 6) is 0.190. The zero-order valence-corrected chi connectivity index (χ0v) is 13.7. The number of morpholine rings is 1. The minimum Gasteiger partial charge on any atom is -0.378 e. The van der Waals surface area contributed by atoms with E-state index in [9.17, 15) is 4.79 Å². The summed E-state index contributed by atoms with van der Waals surface area (Å²) in [5.41, 5.74) is 3.52. The fourth-order valence-electron chi connectivity index (χ4n) is 3.49. The first-order chi connectivity index (χ1) is 11.2. The summed E-state index contributed by atoms with van der Waals surface area (Å²) in [5, 5.41) is 5.20. The van der Waals surface area contributed by atoms with Gasteiger partial charge in [0, 0.05) is 65.7 Å². The van der Waals surface area contributed by atoms with Crippen LogP contribution in [0.5, 0.6) is 0 Å². The lowest BCUT2D eigenvalue weighted by atomic mass is 10.0. The number of nitrogens with one attached hydrogen (secondary N) is 2. The van der Waals surface area contributed by atoms with Gasteiger partial charge in [0.05, 0.1) is 13.2 Å². The first-order valence-electron chi connectivity index (χ1n) is 8.08. The number of halogens is 1. The minimum atomic E-state index is 0.134. The van der Waals surface area contributed by atoms with Crippen molar-refractivity contribution in [1.82, 2.24) is 15.2 Å². The molecule has 1 atom stereocenters. The monoisotopic (exact) mass is 333 g/mol. The van der Waals surface area contributed by atoms with Gasteiger partial charge in [0.25, 0.3) is 0 Å². The Morgan fingerprint density at radius 3 is 3.17 bits per heavy atom. The van der Waals surface area contributed by atoms with Crippen LogP contribution < -0.4 is 5.32 Å². The molecule has 0 aliphatic carbocycles. The number of hydrogen-bond acceptors (Lipinski definition) is 3. The van der Waals surface area contributed by atoms with Crippen LogP contribution in [-0.4, -0.2) is 48.1 Å². The average Bonchev–Trinajstić information content (AvgIpc) is 2.93. The summed E-state index contributed by atoms with van der Waals surface area (Å²) in [6.07, 6.45) is 1.36. The van der Waals surface area contributed by atoms with Crippen LogP contribution in [0.25, 0.3) is 10.9 Å². The Morgan fingerprint density at radius 2 is 2.35 bits per heavy atom. The van der Waals surface area contributed by atoms with Crippen LogP contribution in [0.2, 0.25) is 5.02 Å². The van der Waals surface area contributed by atoms with E-state index in [0.29, 0.717) is 19.6 Å². The van der Waals surface area contributed by atoms with Crippen molar-refractivity contribution in [3.05, 3.63) is 34.5 Å². The van der Waals surface area contributed by atoms with Crippen molar-refractivity contribution in [2.45, 2.75) is 25.4 Å². The highest BCUT2D eigenvalue weighted by molar-refractivity contribution is 6.31. The van der Waals surface area contributed by atoms with E-state index in [4.69, 9.17) is 16.3 Å². The van der Waals surface area contributed by atoms with Gasteiger partial charge >= 0.3 is 0 Å². The number of H-pyrrole nitrogens is 1. The number of fused-ring (bicyclic) bond motifs is 3. The number of carbonyl (C=O) groups excluding carboxylic acids is 1. The summed E-state index contributed by atoms with van der Waals surface area (Å²) in [7, 11) is 0. The summed E-state index contributed by atoms with van der Waals surface area (Å²) < 4.78 is 5.43. The minimum absolute atomic E-state index is 0.134. The molecule has 1 saturated heterocycles. The predicted octanol–water partition coefficient (Wildman–Crippen LogP) is 2.08. The molecule has 1 fully saturated rings. The number of nitrogens with zero attached hydrogens (tertiary/aromatic N) is 1. The number of aromatic nitrogens is 1. The summed E-state index contributed by atoms with van der Waals surface area (Å²) in [6, 6.07) is 6.01. The fourth-order valence-corrected chi connectivity index (χ4v) is 3.66. The highest BCUT2D eigenvalue weighted by Crippen LogP contribution is 2.30. The van der Waals surface area contributed by atoms with Crippen LogP contribution in [0, 0.1) is 0 Å². The van der Waals surface area contributed by atoms with Crippen molar-refractivity contribution in [3.63, 3.8) is 0 Å². The van der Waals surface area contributed by atoms with Gasteiger partial charge in [0.15, 0.2) is 0 Å². The first kappa shape index (κ1) is 15.0. The molecular weight excluding hydrogens is 314 g/mol. The normalized spacial score (nSPS) is 21.4. The molecule has 2 aliphatic heterocycles. The number of aromatic amines is 1. The van der Waals surface area contributed by atoms with Gasteiger partial charge in [-0.3, -0.25) is 4.79 Å². The lowest BCUT2D eigenvalue weighted by Gasteiger charge is -2.30. The van der Waals surface area contributed by atoms with Crippen molar-refractivity contribution < 1.29 is 9.53 Å². The van der Waals surface area contributed by atoms with Crippen molar-refractivity contribution in [2.75, 3.05) is 26.3 Å². The molecule has 0 unspecified atom stereocenters. The maximum absolute atomic E-state index is 12.6. The van der Waals surface area contributed by atoms with Crippen molar-refractivity contribution in [3.8, 4) is 0 Å². The third kappa shape index (κ3) is 2.96. The lowest BCUT2D eigenvalue weighted by molar-refractivity contribution is -0.133. The van der Waals surface area contributed by atoms with E-state index in [-0.39, 0.29) is 11.9 Å². The molecule has 2 aromatic rings. The highest BCUT2D eigenvalue weighted by Gasteiger charge is 2.26. The van der Waals surface area contributed by atoms with E-state index in [1.807, 2.05) is 23.1 Å². The van der Waals surface area contributed by atoms with E-state index in [1.54, 1.807) is 0 Å². The van der Waals surface area contributed by atoms with Gasteiger partial charge in [-0.15, -0.1) is 0 Å². The average molecular weight is 334 g/mol. The molecule has 5 nitrogen and oxygen atoms in total. The van der Waals surface area contributed by atoms with Crippen LogP contribution in [-0.2, 0) is 22.5 Å². The smallest absolute Gasteiger partial charge is 0.224 e. The molecule has 6 heteroatoms. The summed E-state index contributed by atoms with van der Waals surface area (Å²) in [6.45, 7) is 3.59. The zero-order chi connectivity index (χ0) is 15.8. The van der Waals surface area contributed by atoms with E-state index >= 15 is 0 Å². The standard InChI is InChI=1S/C17H20ClN3O2/c18-11-1-2-15-13(7-11)14-9-21(5-3-16(14)20-15)17(22)8-12-10-23-6-4-19-12/h1-2,7,12,19-20H,3-6,8-10H2/t12-/m1/s1. The molecule has 23 heavy (non-hydrogen) atoms. The maximum Gasteiger partial charge on any atom is 0.224 e. The Hall–Kier alpha value is -1.56. The Labute approximate surface area is 139 Å². The number of hydrogen-bond donors (Lipinski definition) is 2. The topological polar surface area (TPSA) is 57.4 Å². The van der Waals surface area contributed by atoms with Crippen LogP contribution in [0.1, 0.15) is 17.7 Å². The highest BCUT2D eigenvalue weighted by atomic mass is 35.5. The number of rotatable bonds is 2. The number of amides is 1. The van der Waals surface area contributed by atoms with E-state index in [0.717, 1.165) is 42.0 Å². The van der Waals surface area contributed by atoms with Crippen molar-refractivity contribution in [2.24, 2.45) is 0 Å². The second-order valence-electron chi connectivity index (χ2n) is 6.27. The van der Waals surface area contributed by atoms with Crippen LogP contribution in [0.3, 0.4) is 0 Å². The van der Waals surface area contributed by atoms with Gasteiger partial charge in [-0.2, -0.15) is 0 Å². The Morgan fingerprint density at radius 1 is 1.43 bits per heavy atom. The predicted molar refractivity (Wildman–Crippen MR) is 89.7 cm³/mol. The molecule has 1 aromatic heterocycles. The second kappa shape index (κ2) is 6.15. The Bertz CT molecular complexity index is 737. The first-order valence-corrected chi connectivity index (χ1v) is 8.46. The molecule has 0 bridgehead atoms. The quantitative estimate of drug-likeness (QED) is 0.884. The SMILES string of the molecule is O=C(C[C@@H]1COCCN1)N1CCc2[nH]c3ccc(Cl)cc3c2C1. The van der Waals surface area contributed by atoms with Crippen LogP contribution in [0.15, 0.2) is 18.2 Å². The number of benzene rings is 1.